The number of primary amides is 1. The summed E-state index contributed by atoms with van der Waals surface area (Å²) in [4.78, 5) is 104. The molecule has 2 aliphatic rings. The molecule has 7 amide bonds. The van der Waals surface area contributed by atoms with Crippen LogP contribution in [0.3, 0.4) is 0 Å². The minimum atomic E-state index is -1.27. The number of rotatable bonds is 21. The van der Waals surface area contributed by atoms with Crippen molar-refractivity contribution in [3.63, 3.8) is 0 Å². The smallest absolute Gasteiger partial charge is 0.407 e. The third kappa shape index (κ3) is 19.0. The summed E-state index contributed by atoms with van der Waals surface area (Å²) < 4.78 is 28.8. The van der Waals surface area contributed by atoms with Gasteiger partial charge in [-0.05, 0) is 97.5 Å². The minimum Gasteiger partial charge on any atom is -0.495 e. The second-order valence-electron chi connectivity index (χ2n) is 21.0. The van der Waals surface area contributed by atoms with Crippen LogP contribution in [-0.4, -0.2) is 104 Å². The summed E-state index contributed by atoms with van der Waals surface area (Å²) in [5.41, 5.74) is 13.2. The van der Waals surface area contributed by atoms with Gasteiger partial charge in [0.2, 0.25) is 23.6 Å². The topological polar surface area (TPSA) is 310 Å². The Kier molecular flexibility index (Phi) is 22.9. The number of nitrogens with two attached hydrogens (primary N) is 2. The Hall–Kier alpha value is -7.23. The Bertz CT molecular complexity index is 2610. The lowest BCUT2D eigenvalue weighted by atomic mass is 9.92. The zero-order chi connectivity index (χ0) is 57.3. The van der Waals surface area contributed by atoms with Gasteiger partial charge in [-0.15, -0.1) is 0 Å². The third-order valence-electron chi connectivity index (χ3n) is 13.2. The lowest BCUT2D eigenvalue weighted by Crippen LogP contribution is -2.51. The first-order valence-corrected chi connectivity index (χ1v) is 26.4. The van der Waals surface area contributed by atoms with Crippen LogP contribution in [0.4, 0.5) is 15.3 Å². The molecule has 1 fully saturated rings. The molecule has 21 nitrogen and oxygen atoms in total. The van der Waals surface area contributed by atoms with E-state index in [4.69, 9.17) is 46.8 Å². The molecule has 0 saturated carbocycles. The lowest BCUT2D eigenvalue weighted by molar-refractivity contribution is -0.179. The van der Waals surface area contributed by atoms with E-state index in [0.29, 0.717) is 34.0 Å². The van der Waals surface area contributed by atoms with Crippen LogP contribution in [0.25, 0.3) is 0 Å². The zero-order valence-corrected chi connectivity index (χ0v) is 46.2. The standard InChI is InChI=1S/C56H75ClN8O13/c1-31(2)25-44-52(70)76-42(12-9-13-45(66)64-41(27-36-18-23-43(74-8)39(57)26-36)49(67)62-30-56(6,7)53(71)77-44)33(5)47-48(78-47)37-19-14-34(15-20-37)28-61-55(73)75-29-35-16-21-38(22-17-35)63-50(68)40(11-10-24-60-54(59)72)65-51(69)46(58)32(3)4/h9,13-23,26,31-33,40-42,44,46-48H,10-12,24-25,27-30,58H2,1-8H3,(H,61,73)(H,62,67)(H,63,68)(H,64,66)(H,65,69)(H3,59,60,72)/b13-9+/t33-,40-,41+,42-,44-,46-,47-,48-/m0/s1. The van der Waals surface area contributed by atoms with Gasteiger partial charge in [0.15, 0.2) is 6.10 Å². The summed E-state index contributed by atoms with van der Waals surface area (Å²) in [6.45, 7) is 12.6. The number of anilines is 1. The molecule has 0 bridgehead atoms. The molecule has 0 aliphatic carbocycles. The summed E-state index contributed by atoms with van der Waals surface area (Å²) in [5.74, 6) is -3.68. The van der Waals surface area contributed by atoms with E-state index in [1.807, 2.05) is 45.0 Å². The van der Waals surface area contributed by atoms with Gasteiger partial charge in [-0.3, -0.25) is 24.0 Å². The molecule has 10 N–H and O–H groups in total. The number of cyclic esters (lactones) is 2. The number of epoxide rings is 1. The van der Waals surface area contributed by atoms with Crippen LogP contribution in [0.15, 0.2) is 78.9 Å². The van der Waals surface area contributed by atoms with E-state index in [0.717, 1.165) is 11.1 Å². The van der Waals surface area contributed by atoms with Gasteiger partial charge >= 0.3 is 24.1 Å². The van der Waals surface area contributed by atoms with E-state index in [-0.39, 0.29) is 69.9 Å². The largest absolute Gasteiger partial charge is 0.495 e. The fourth-order valence-electron chi connectivity index (χ4n) is 8.29. The highest BCUT2D eigenvalue weighted by Gasteiger charge is 2.48. The molecule has 2 heterocycles. The molecule has 2 aliphatic heterocycles. The quantitative estimate of drug-likeness (QED) is 0.0287. The van der Waals surface area contributed by atoms with Crippen molar-refractivity contribution in [1.29, 1.82) is 0 Å². The molecule has 0 spiro atoms. The maximum atomic E-state index is 13.9. The number of halogens is 1. The minimum absolute atomic E-state index is 0.0551. The van der Waals surface area contributed by atoms with Crippen molar-refractivity contribution in [3.05, 3.63) is 106 Å². The highest BCUT2D eigenvalue weighted by molar-refractivity contribution is 6.32. The second kappa shape index (κ2) is 28.9. The first-order chi connectivity index (χ1) is 36.9. The summed E-state index contributed by atoms with van der Waals surface area (Å²) in [5, 5.41) is 16.5. The van der Waals surface area contributed by atoms with E-state index in [1.54, 1.807) is 76.2 Å². The number of benzene rings is 3. The SMILES string of the molecule is COc1ccc(C[C@H]2NC(=O)/C=C/C[C@@H]([C@H](C)[C@@H]3O[C@H]3c3ccc(CNC(=O)OCc4ccc(NC(=O)[C@H](CCCNC(N)=O)NC(=O)[C@@H](N)C(C)C)cc4)cc3)OC(=O)[C@H](CC(C)C)OC(=O)C(C)(C)CNC2=O)cc1Cl. The van der Waals surface area contributed by atoms with Crippen molar-refractivity contribution in [2.24, 2.45) is 34.6 Å². The van der Waals surface area contributed by atoms with Crippen LogP contribution in [0, 0.1) is 23.2 Å². The molecular weight excluding hydrogens is 1030 g/mol. The first-order valence-electron chi connectivity index (χ1n) is 26.1. The fourth-order valence-corrected chi connectivity index (χ4v) is 8.57. The molecular formula is C56H75ClN8O13. The average molecular weight is 1100 g/mol. The van der Waals surface area contributed by atoms with E-state index >= 15 is 0 Å². The highest BCUT2D eigenvalue weighted by Crippen LogP contribution is 2.45. The van der Waals surface area contributed by atoms with Crippen LogP contribution in [0.1, 0.15) is 103 Å². The van der Waals surface area contributed by atoms with Crippen LogP contribution >= 0.6 is 11.6 Å². The molecule has 22 heteroatoms. The van der Waals surface area contributed by atoms with Crippen molar-refractivity contribution in [3.8, 4) is 5.75 Å². The number of ether oxygens (including phenoxy) is 5. The number of amides is 7. The predicted molar refractivity (Wildman–Crippen MR) is 290 cm³/mol. The molecule has 5 rings (SSSR count). The summed E-state index contributed by atoms with van der Waals surface area (Å²) in [6, 6.07) is 15.6. The van der Waals surface area contributed by atoms with Gasteiger partial charge in [-0.1, -0.05) is 94.8 Å². The van der Waals surface area contributed by atoms with Crippen LogP contribution in [-0.2, 0) is 67.3 Å². The van der Waals surface area contributed by atoms with Crippen molar-refractivity contribution >= 4 is 65.0 Å². The lowest BCUT2D eigenvalue weighted by Gasteiger charge is -2.29. The Morgan fingerprint density at radius 2 is 1.56 bits per heavy atom. The average Bonchev–Trinajstić information content (AvgIpc) is 4.21. The van der Waals surface area contributed by atoms with E-state index in [9.17, 15) is 38.4 Å². The number of nitrogens with one attached hydrogen (secondary N) is 6. The molecule has 1 saturated heterocycles. The van der Waals surface area contributed by atoms with Gasteiger partial charge in [0.25, 0.3) is 0 Å². The molecule has 424 valence electrons. The van der Waals surface area contributed by atoms with Gasteiger partial charge in [0.1, 0.15) is 36.6 Å². The summed E-state index contributed by atoms with van der Waals surface area (Å²) in [7, 11) is 1.49. The van der Waals surface area contributed by atoms with E-state index < -0.39 is 95.5 Å². The normalized spacial score (nSPS) is 21.3. The van der Waals surface area contributed by atoms with E-state index in [1.165, 1.54) is 13.2 Å². The number of urea groups is 1. The van der Waals surface area contributed by atoms with Gasteiger partial charge in [0, 0.05) is 44.1 Å². The Morgan fingerprint density at radius 1 is 0.885 bits per heavy atom. The van der Waals surface area contributed by atoms with Crippen molar-refractivity contribution in [1.82, 2.24) is 26.6 Å². The van der Waals surface area contributed by atoms with Crippen LogP contribution in [0.2, 0.25) is 5.02 Å². The molecule has 3 aromatic carbocycles. The Labute approximate surface area is 460 Å². The maximum Gasteiger partial charge on any atom is 0.407 e. The Balaban J connectivity index is 1.17. The number of hydrogen-bond donors (Lipinski definition) is 8. The van der Waals surface area contributed by atoms with Gasteiger partial charge in [0.05, 0.1) is 29.7 Å². The third-order valence-corrected chi connectivity index (χ3v) is 13.5. The van der Waals surface area contributed by atoms with Gasteiger partial charge in [-0.2, -0.15) is 0 Å². The van der Waals surface area contributed by atoms with Crippen LogP contribution < -0.4 is 48.1 Å². The molecule has 0 unspecified atom stereocenters. The highest BCUT2D eigenvalue weighted by atomic mass is 35.5. The molecule has 3 aromatic rings. The van der Waals surface area contributed by atoms with Gasteiger partial charge < -0.3 is 67.1 Å². The van der Waals surface area contributed by atoms with E-state index in [2.05, 4.69) is 31.9 Å². The van der Waals surface area contributed by atoms with Crippen molar-refractivity contribution in [2.75, 3.05) is 25.5 Å². The van der Waals surface area contributed by atoms with Crippen molar-refractivity contribution < 1.29 is 62.0 Å². The maximum absolute atomic E-state index is 13.9. The van der Waals surface area contributed by atoms with Crippen molar-refractivity contribution in [2.45, 2.75) is 136 Å². The number of methoxy groups -OCH3 is 1. The fraction of sp³-hybridized carbons (Fsp3) is 0.500. The molecule has 0 aromatic heterocycles. The Morgan fingerprint density at radius 3 is 2.21 bits per heavy atom. The summed E-state index contributed by atoms with van der Waals surface area (Å²) >= 11 is 6.37. The van der Waals surface area contributed by atoms with Gasteiger partial charge in [-0.25, -0.2) is 14.4 Å². The number of esters is 2. The first kappa shape index (κ1) is 61.6. The number of hydrogen-bond acceptors (Lipinski definition) is 14. The zero-order valence-electron chi connectivity index (χ0n) is 45.5. The second-order valence-corrected chi connectivity index (χ2v) is 21.4. The molecule has 78 heavy (non-hydrogen) atoms. The number of carbonyl (C=O) groups is 8. The monoisotopic (exact) mass is 1100 g/mol. The molecule has 8 atom stereocenters. The molecule has 0 radical (unpaired) electrons. The predicted octanol–water partition coefficient (Wildman–Crippen LogP) is 5.41. The summed E-state index contributed by atoms with van der Waals surface area (Å²) in [6.07, 6.45) is 0.310. The van der Waals surface area contributed by atoms with Crippen LogP contribution in [0.5, 0.6) is 5.75 Å². The number of alkyl carbamates (subject to hydrolysis) is 1. The number of carbonyl (C=O) groups excluding carboxylic acids is 8.